The van der Waals surface area contributed by atoms with Gasteiger partial charge in [0.1, 0.15) is 0 Å². The van der Waals surface area contributed by atoms with Gasteiger partial charge >= 0.3 is 42.1 Å². The molecule has 4 fully saturated rings. The third kappa shape index (κ3) is 32.4. The first-order chi connectivity index (χ1) is 13.6. The first kappa shape index (κ1) is 49.3. The molecule has 0 atom stereocenters. The molecule has 10 heteroatoms. The van der Waals surface area contributed by atoms with Crippen LogP contribution in [0.2, 0.25) is 0 Å². The standard InChI is InChI=1S/4C6H13N.4ClH.2Mo/c4*7-6-4-2-1-3-5-6;;;;;;/h4*6H,1-5,7H2;4*1H;;/q;;;;;;;;2*+2/p-4. The Hall–Kier alpha value is 2.38. The SMILES string of the molecule is NC1CCCCC1.NC1CCCCC1.NC1CCCCC1.NC1CCCCC1.[Cl-].[Cl-].[Cl-].[Cl-].[Mo+2].[Mo+2]. The van der Waals surface area contributed by atoms with Gasteiger partial charge in [0, 0.05) is 24.2 Å². The minimum absolute atomic E-state index is 0. The van der Waals surface area contributed by atoms with E-state index in [0.29, 0.717) is 24.2 Å². The predicted octanol–water partition coefficient (Wildman–Crippen LogP) is -6.88. The summed E-state index contributed by atoms with van der Waals surface area (Å²) < 4.78 is 0. The van der Waals surface area contributed by atoms with E-state index in [0.717, 1.165) is 0 Å². The second-order valence-corrected chi connectivity index (χ2v) is 9.59. The van der Waals surface area contributed by atoms with E-state index >= 15 is 0 Å². The van der Waals surface area contributed by atoms with E-state index in [1.165, 1.54) is 128 Å². The van der Waals surface area contributed by atoms with Crippen LogP contribution in [0.5, 0.6) is 0 Å². The van der Waals surface area contributed by atoms with E-state index < -0.39 is 0 Å². The zero-order chi connectivity index (χ0) is 20.5. The van der Waals surface area contributed by atoms with Gasteiger partial charge in [0.15, 0.2) is 0 Å². The van der Waals surface area contributed by atoms with Crippen molar-refractivity contribution in [2.24, 2.45) is 22.9 Å². The van der Waals surface area contributed by atoms with Crippen LogP contribution >= 0.6 is 0 Å². The summed E-state index contributed by atoms with van der Waals surface area (Å²) in [6.07, 6.45) is 26.7. The summed E-state index contributed by atoms with van der Waals surface area (Å²) in [7, 11) is 0. The molecule has 0 heterocycles. The van der Waals surface area contributed by atoms with Gasteiger partial charge in [-0.2, -0.15) is 0 Å². The van der Waals surface area contributed by atoms with Crippen LogP contribution in [0.25, 0.3) is 0 Å². The monoisotopic (exact) mass is 732 g/mol. The zero-order valence-electron chi connectivity index (χ0n) is 21.1. The summed E-state index contributed by atoms with van der Waals surface area (Å²) >= 11 is 0. The Morgan fingerprint density at radius 2 is 0.382 bits per heavy atom. The van der Waals surface area contributed by atoms with Gasteiger partial charge in [0.25, 0.3) is 0 Å². The maximum absolute atomic E-state index is 5.63. The van der Waals surface area contributed by atoms with Crippen molar-refractivity contribution < 1.29 is 91.8 Å². The van der Waals surface area contributed by atoms with Crippen molar-refractivity contribution >= 4 is 0 Å². The predicted molar refractivity (Wildman–Crippen MR) is 124 cm³/mol. The Kier molecular flexibility index (Phi) is 51.3. The van der Waals surface area contributed by atoms with Gasteiger partial charge in [-0.15, -0.1) is 0 Å². The van der Waals surface area contributed by atoms with Gasteiger partial charge in [-0.1, -0.05) is 77.0 Å². The van der Waals surface area contributed by atoms with Gasteiger partial charge in [-0.25, -0.2) is 0 Å². The van der Waals surface area contributed by atoms with E-state index in [9.17, 15) is 0 Å². The molecule has 0 aromatic heterocycles. The quantitative estimate of drug-likeness (QED) is 0.186. The van der Waals surface area contributed by atoms with Crippen molar-refractivity contribution in [3.63, 3.8) is 0 Å². The first-order valence-corrected chi connectivity index (χ1v) is 12.6. The molecule has 0 aromatic rings. The molecule has 8 N–H and O–H groups in total. The molecule has 4 aliphatic carbocycles. The minimum Gasteiger partial charge on any atom is -1.00 e. The van der Waals surface area contributed by atoms with Gasteiger partial charge in [-0.3, -0.25) is 0 Å². The Labute approximate surface area is 265 Å². The van der Waals surface area contributed by atoms with E-state index in [2.05, 4.69) is 0 Å². The normalized spacial score (nSPS) is 20.8. The molecule has 0 unspecified atom stereocenters. The molecule has 208 valence electrons. The van der Waals surface area contributed by atoms with Crippen molar-refractivity contribution in [1.29, 1.82) is 0 Å². The Bertz CT molecular complexity index is 277. The molecule has 34 heavy (non-hydrogen) atoms. The summed E-state index contributed by atoms with van der Waals surface area (Å²) in [6.45, 7) is 0. The van der Waals surface area contributed by atoms with Crippen LogP contribution in [0.3, 0.4) is 0 Å². The number of hydrogen-bond donors (Lipinski definition) is 4. The van der Waals surface area contributed by atoms with E-state index in [1.54, 1.807) is 0 Å². The zero-order valence-corrected chi connectivity index (χ0v) is 28.1. The molecule has 0 bridgehead atoms. The van der Waals surface area contributed by atoms with Gasteiger partial charge in [0.05, 0.1) is 0 Å². The summed E-state index contributed by atoms with van der Waals surface area (Å²) in [5, 5.41) is 0. The number of hydrogen-bond acceptors (Lipinski definition) is 4. The molecule has 0 aliphatic heterocycles. The summed E-state index contributed by atoms with van der Waals surface area (Å²) in [5.74, 6) is 0. The average Bonchev–Trinajstić information content (AvgIpc) is 2.72. The maximum atomic E-state index is 5.63. The summed E-state index contributed by atoms with van der Waals surface area (Å²) in [6, 6.07) is 2.14. The van der Waals surface area contributed by atoms with Crippen molar-refractivity contribution in [2.75, 3.05) is 0 Å². The molecule has 0 radical (unpaired) electrons. The largest absolute Gasteiger partial charge is 2.00 e. The number of rotatable bonds is 0. The molecule has 0 saturated heterocycles. The van der Waals surface area contributed by atoms with Gasteiger partial charge < -0.3 is 72.6 Å². The fourth-order valence-corrected chi connectivity index (χ4v) is 4.54. The van der Waals surface area contributed by atoms with E-state index in [-0.39, 0.29) is 91.8 Å². The molecule has 4 nitrogen and oxygen atoms in total. The topological polar surface area (TPSA) is 104 Å². The fourth-order valence-electron chi connectivity index (χ4n) is 4.54. The van der Waals surface area contributed by atoms with Crippen LogP contribution in [0.4, 0.5) is 0 Å². The van der Waals surface area contributed by atoms with Crippen LogP contribution < -0.4 is 72.6 Å². The third-order valence-corrected chi connectivity index (χ3v) is 6.60. The Morgan fingerprint density at radius 1 is 0.265 bits per heavy atom. The summed E-state index contributed by atoms with van der Waals surface area (Å²) in [5.41, 5.74) is 22.5. The number of nitrogens with two attached hydrogens (primary N) is 4. The van der Waals surface area contributed by atoms with Crippen LogP contribution in [-0.2, 0) is 42.1 Å². The van der Waals surface area contributed by atoms with Crippen molar-refractivity contribution in [1.82, 2.24) is 0 Å². The number of halogens is 4. The molecule has 0 aromatic carbocycles. The molecular weight excluding hydrogens is 678 g/mol. The third-order valence-electron chi connectivity index (χ3n) is 6.60. The average molecular weight is 730 g/mol. The summed E-state index contributed by atoms with van der Waals surface area (Å²) in [4.78, 5) is 0. The molecule has 4 aliphatic rings. The molecule has 0 amide bonds. The first-order valence-electron chi connectivity index (χ1n) is 12.6. The van der Waals surface area contributed by atoms with Crippen molar-refractivity contribution in [3.8, 4) is 0 Å². The smallest absolute Gasteiger partial charge is 1.00 e. The van der Waals surface area contributed by atoms with Crippen molar-refractivity contribution in [2.45, 2.75) is 153 Å². The molecule has 4 saturated carbocycles. The van der Waals surface area contributed by atoms with Crippen LogP contribution in [0.1, 0.15) is 128 Å². The van der Waals surface area contributed by atoms with Crippen molar-refractivity contribution in [3.05, 3.63) is 0 Å². The van der Waals surface area contributed by atoms with E-state index in [4.69, 9.17) is 22.9 Å². The maximum Gasteiger partial charge on any atom is 2.00 e. The van der Waals surface area contributed by atoms with Crippen LogP contribution in [0.15, 0.2) is 0 Å². The molecular formula is C24H52Cl4Mo2N4. The van der Waals surface area contributed by atoms with Gasteiger partial charge in [-0.05, 0) is 51.4 Å². The Balaban J connectivity index is -0.0000000726. The van der Waals surface area contributed by atoms with E-state index in [1.807, 2.05) is 0 Å². The van der Waals surface area contributed by atoms with Gasteiger partial charge in [0.2, 0.25) is 0 Å². The minimum atomic E-state index is 0. The second kappa shape index (κ2) is 35.4. The second-order valence-electron chi connectivity index (χ2n) is 9.59. The van der Waals surface area contributed by atoms with Crippen LogP contribution in [0, 0.1) is 0 Å². The Morgan fingerprint density at radius 3 is 0.441 bits per heavy atom. The molecule has 0 spiro atoms. The molecule has 4 rings (SSSR count). The van der Waals surface area contributed by atoms with Crippen LogP contribution in [-0.4, -0.2) is 24.2 Å². The fraction of sp³-hybridized carbons (Fsp3) is 1.00.